The van der Waals surface area contributed by atoms with Crippen LogP contribution in [0.4, 0.5) is 0 Å². The van der Waals surface area contributed by atoms with Gasteiger partial charge >= 0.3 is 0 Å². The standard InChI is InChI=1S/C25H37S2/c1-24(2,3)20-8-12-22(13-9-20)26-16-18-27(7,19-17-26)23-14-10-21(11-15-23)25(4,5)6/h8-15H,16-19H2,1-7H3/q+1. The molecule has 0 amide bonds. The zero-order chi connectivity index (χ0) is 19.9. The Kier molecular flexibility index (Phi) is 5.81. The molecule has 0 atom stereocenters. The van der Waals surface area contributed by atoms with Crippen molar-refractivity contribution < 1.29 is 0 Å². The fourth-order valence-electron chi connectivity index (χ4n) is 3.68. The van der Waals surface area contributed by atoms with Gasteiger partial charge in [-0.15, -0.1) is 0 Å². The van der Waals surface area contributed by atoms with Crippen LogP contribution in [-0.2, 0) is 21.7 Å². The predicted octanol–water partition coefficient (Wildman–Crippen LogP) is 6.77. The molecule has 0 unspecified atom stereocenters. The molecule has 1 aliphatic heterocycles. The van der Waals surface area contributed by atoms with Gasteiger partial charge in [0, 0.05) is 22.4 Å². The van der Waals surface area contributed by atoms with Gasteiger partial charge in [0.05, 0.1) is 0 Å². The van der Waals surface area contributed by atoms with Gasteiger partial charge in [-0.05, 0) is 57.4 Å². The molecular formula is C25H37S2+. The predicted molar refractivity (Wildman–Crippen MR) is 127 cm³/mol. The topological polar surface area (TPSA) is 0 Å². The quantitative estimate of drug-likeness (QED) is 0.487. The molecule has 0 nitrogen and oxygen atoms in total. The van der Waals surface area contributed by atoms with Crippen molar-refractivity contribution in [3.63, 3.8) is 0 Å². The van der Waals surface area contributed by atoms with Crippen LogP contribution in [0.5, 0.6) is 0 Å². The molecule has 0 N–H and O–H groups in total. The summed E-state index contributed by atoms with van der Waals surface area (Å²) in [6.45, 7) is 13.8. The molecule has 0 aromatic heterocycles. The molecule has 1 saturated heterocycles. The summed E-state index contributed by atoms with van der Waals surface area (Å²) in [6.07, 6.45) is 2.56. The van der Waals surface area contributed by atoms with E-state index in [9.17, 15) is 0 Å². The van der Waals surface area contributed by atoms with E-state index in [1.165, 1.54) is 34.1 Å². The van der Waals surface area contributed by atoms with E-state index >= 15 is 0 Å². The summed E-state index contributed by atoms with van der Waals surface area (Å²) in [5.74, 6) is 5.49. The van der Waals surface area contributed by atoms with Crippen LogP contribution in [0.15, 0.2) is 58.3 Å². The largest absolute Gasteiger partial charge is 0.208 e. The van der Waals surface area contributed by atoms with Crippen molar-refractivity contribution in [2.24, 2.45) is 0 Å². The smallest absolute Gasteiger partial charge is 0.154 e. The Hall–Kier alpha value is -0.860. The minimum Gasteiger partial charge on any atom is -0.208 e. The third-order valence-electron chi connectivity index (χ3n) is 5.90. The van der Waals surface area contributed by atoms with Crippen molar-refractivity contribution in [3.8, 4) is 0 Å². The number of rotatable bonds is 2. The van der Waals surface area contributed by atoms with Gasteiger partial charge in [-0.2, -0.15) is 0 Å². The molecular weight excluding hydrogens is 364 g/mol. The average Bonchev–Trinajstić information content (AvgIpc) is 2.61. The number of hydrogen-bond donors (Lipinski definition) is 0. The molecule has 0 bridgehead atoms. The fourth-order valence-corrected chi connectivity index (χ4v) is 10.9. The van der Waals surface area contributed by atoms with Gasteiger partial charge < -0.3 is 0 Å². The molecule has 0 radical (unpaired) electrons. The molecule has 148 valence electrons. The molecule has 1 heterocycles. The minimum atomic E-state index is -0.647. The SMILES string of the molecule is CC(C)(C)c1ccc([S+]2CCS(C)(c3ccc(C(C)(C)C)cc3)CC2)cc1. The van der Waals surface area contributed by atoms with Crippen LogP contribution >= 0.6 is 10.0 Å². The van der Waals surface area contributed by atoms with E-state index in [-0.39, 0.29) is 10.8 Å². The molecule has 0 spiro atoms. The summed E-state index contributed by atoms with van der Waals surface area (Å²) in [7, 11) is -0.208. The lowest BCUT2D eigenvalue weighted by Gasteiger charge is -2.39. The first-order chi connectivity index (χ1) is 12.5. The fraction of sp³-hybridized carbons (Fsp3) is 0.520. The molecule has 3 rings (SSSR count). The van der Waals surface area contributed by atoms with E-state index in [1.54, 1.807) is 9.79 Å². The van der Waals surface area contributed by atoms with Gasteiger partial charge in [0.2, 0.25) is 0 Å². The molecule has 0 aliphatic carbocycles. The van der Waals surface area contributed by atoms with Crippen molar-refractivity contribution >= 4 is 20.9 Å². The second-order valence-corrected chi connectivity index (χ2v) is 16.2. The van der Waals surface area contributed by atoms with E-state index in [4.69, 9.17) is 0 Å². The molecule has 0 saturated carbocycles. The minimum absolute atomic E-state index is 0.243. The Morgan fingerprint density at radius 1 is 0.667 bits per heavy atom. The summed E-state index contributed by atoms with van der Waals surface area (Å²) in [5, 5.41) is 0. The molecule has 1 fully saturated rings. The van der Waals surface area contributed by atoms with Crippen molar-refractivity contribution in [3.05, 3.63) is 59.7 Å². The second-order valence-electron chi connectivity index (χ2n) is 10.1. The third-order valence-corrected chi connectivity index (χ3v) is 12.4. The van der Waals surface area contributed by atoms with Crippen molar-refractivity contribution in [1.29, 1.82) is 0 Å². The van der Waals surface area contributed by atoms with Gasteiger partial charge in [0.1, 0.15) is 11.5 Å². The third kappa shape index (κ3) is 4.77. The first kappa shape index (κ1) is 20.9. The first-order valence-electron chi connectivity index (χ1n) is 10.1. The van der Waals surface area contributed by atoms with Gasteiger partial charge in [0.25, 0.3) is 0 Å². The lowest BCUT2D eigenvalue weighted by molar-refractivity contribution is 0.589. The zero-order valence-electron chi connectivity index (χ0n) is 18.3. The summed E-state index contributed by atoms with van der Waals surface area (Å²) in [4.78, 5) is 3.19. The highest BCUT2D eigenvalue weighted by Gasteiger charge is 2.35. The van der Waals surface area contributed by atoms with E-state index in [0.29, 0.717) is 10.9 Å². The maximum Gasteiger partial charge on any atom is 0.154 e. The van der Waals surface area contributed by atoms with E-state index in [2.05, 4.69) is 96.3 Å². The van der Waals surface area contributed by atoms with Gasteiger partial charge in [-0.25, -0.2) is 10.0 Å². The molecule has 2 heteroatoms. The van der Waals surface area contributed by atoms with Gasteiger partial charge in [-0.3, -0.25) is 0 Å². The summed E-state index contributed by atoms with van der Waals surface area (Å²) < 4.78 is 0. The van der Waals surface area contributed by atoms with Crippen molar-refractivity contribution in [2.75, 3.05) is 29.3 Å². The Bertz CT molecular complexity index is 750. The first-order valence-corrected chi connectivity index (χ1v) is 14.1. The normalized spacial score (nSPS) is 26.4. The van der Waals surface area contributed by atoms with E-state index in [1.807, 2.05) is 0 Å². The van der Waals surface area contributed by atoms with Gasteiger partial charge in [-0.1, -0.05) is 65.8 Å². The lowest BCUT2D eigenvalue weighted by Crippen LogP contribution is -2.30. The van der Waals surface area contributed by atoms with Crippen LogP contribution in [0.25, 0.3) is 0 Å². The molecule has 27 heavy (non-hydrogen) atoms. The summed E-state index contributed by atoms with van der Waals surface area (Å²) in [5.41, 5.74) is 3.38. The summed E-state index contributed by atoms with van der Waals surface area (Å²) >= 11 is 0. The van der Waals surface area contributed by atoms with Crippen LogP contribution in [0, 0.1) is 0 Å². The average molecular weight is 402 g/mol. The van der Waals surface area contributed by atoms with Crippen LogP contribution in [0.2, 0.25) is 0 Å². The highest BCUT2D eigenvalue weighted by Crippen LogP contribution is 2.55. The van der Waals surface area contributed by atoms with Crippen LogP contribution in [0.1, 0.15) is 52.7 Å². The highest BCUT2D eigenvalue weighted by molar-refractivity contribution is 8.34. The maximum absolute atomic E-state index is 2.56. The zero-order valence-corrected chi connectivity index (χ0v) is 19.9. The Morgan fingerprint density at radius 3 is 1.48 bits per heavy atom. The number of hydrogen-bond acceptors (Lipinski definition) is 0. The molecule has 2 aromatic carbocycles. The Labute approximate surface area is 171 Å². The van der Waals surface area contributed by atoms with Crippen molar-refractivity contribution in [2.45, 2.75) is 62.2 Å². The second kappa shape index (κ2) is 7.52. The van der Waals surface area contributed by atoms with Crippen LogP contribution < -0.4 is 0 Å². The maximum atomic E-state index is 2.56. The monoisotopic (exact) mass is 401 g/mol. The lowest BCUT2D eigenvalue weighted by atomic mass is 9.87. The van der Waals surface area contributed by atoms with E-state index < -0.39 is 10.0 Å². The number of benzene rings is 2. The van der Waals surface area contributed by atoms with E-state index in [0.717, 1.165) is 0 Å². The Morgan fingerprint density at radius 2 is 1.07 bits per heavy atom. The molecule has 1 aliphatic rings. The Balaban J connectivity index is 1.69. The van der Waals surface area contributed by atoms with Crippen molar-refractivity contribution in [1.82, 2.24) is 0 Å². The van der Waals surface area contributed by atoms with Gasteiger partial charge in [0.15, 0.2) is 4.90 Å². The molecule has 2 aromatic rings. The summed E-state index contributed by atoms with van der Waals surface area (Å²) in [6, 6.07) is 19.1. The van der Waals surface area contributed by atoms with Crippen LogP contribution in [-0.4, -0.2) is 29.3 Å². The van der Waals surface area contributed by atoms with Crippen LogP contribution in [0.3, 0.4) is 0 Å². The highest BCUT2D eigenvalue weighted by atomic mass is 32.3.